The van der Waals surface area contributed by atoms with E-state index < -0.39 is 11.9 Å². The summed E-state index contributed by atoms with van der Waals surface area (Å²) < 4.78 is 2.11. The lowest BCUT2D eigenvalue weighted by Gasteiger charge is -2.22. The number of nitrogens with zero attached hydrogens (tertiary/aromatic N) is 3. The van der Waals surface area contributed by atoms with Gasteiger partial charge in [0.15, 0.2) is 5.84 Å². The number of aliphatic imine (C=N–C) groups is 1. The van der Waals surface area contributed by atoms with Crippen LogP contribution in [0.3, 0.4) is 0 Å². The van der Waals surface area contributed by atoms with Crippen LogP contribution in [0.15, 0.2) is 41.7 Å². The number of aliphatic carboxylic acids is 2. The molecule has 0 radical (unpaired) electrons. The fourth-order valence-corrected chi connectivity index (χ4v) is 2.03. The van der Waals surface area contributed by atoms with E-state index in [2.05, 4.69) is 14.3 Å². The first-order valence-electron chi connectivity index (χ1n) is 6.44. The second kappa shape index (κ2) is 9.56. The van der Waals surface area contributed by atoms with E-state index in [0.29, 0.717) is 0 Å². The molecular weight excluding hydrogens is 306 g/mol. The van der Waals surface area contributed by atoms with E-state index in [0.717, 1.165) is 18.1 Å². The van der Waals surface area contributed by atoms with Crippen molar-refractivity contribution >= 4 is 29.7 Å². The monoisotopic (exact) mass is 323 g/mol. The van der Waals surface area contributed by atoms with E-state index in [9.17, 15) is 9.59 Å². The molecule has 118 valence electrons. The van der Waals surface area contributed by atoms with Gasteiger partial charge in [-0.05, 0) is 18.2 Å². The molecule has 0 aromatic carbocycles. The fourth-order valence-electron chi connectivity index (χ4n) is 1.48. The summed E-state index contributed by atoms with van der Waals surface area (Å²) in [7, 11) is 0. The van der Waals surface area contributed by atoms with E-state index in [1.807, 2.05) is 36.7 Å². The third-order valence-corrected chi connectivity index (χ3v) is 3.24. The zero-order valence-electron chi connectivity index (χ0n) is 12.0. The van der Waals surface area contributed by atoms with Crippen LogP contribution >= 0.6 is 11.9 Å². The Kier molecular flexibility index (Phi) is 7.69. The highest BCUT2D eigenvalue weighted by molar-refractivity contribution is 7.96. The Hall–Kier alpha value is -2.35. The van der Waals surface area contributed by atoms with Crippen molar-refractivity contribution in [1.82, 2.24) is 9.29 Å². The molecule has 0 saturated heterocycles. The molecular formula is C14H17N3O4S. The van der Waals surface area contributed by atoms with Crippen LogP contribution in [-0.4, -0.2) is 50.1 Å². The lowest BCUT2D eigenvalue weighted by molar-refractivity contribution is -0.143. The van der Waals surface area contributed by atoms with Crippen molar-refractivity contribution in [2.45, 2.75) is 12.8 Å². The zero-order chi connectivity index (χ0) is 16.4. The number of carboxylic acid groups (broad SMARTS) is 2. The molecule has 1 aromatic rings. The van der Waals surface area contributed by atoms with Gasteiger partial charge in [0.05, 0.1) is 19.4 Å². The van der Waals surface area contributed by atoms with Gasteiger partial charge in [-0.15, -0.1) is 0 Å². The van der Waals surface area contributed by atoms with Crippen LogP contribution in [-0.2, 0) is 9.59 Å². The maximum atomic E-state index is 9.64. The van der Waals surface area contributed by atoms with Gasteiger partial charge in [-0.2, -0.15) is 0 Å². The first kappa shape index (κ1) is 17.7. The Morgan fingerprint density at radius 2 is 1.95 bits per heavy atom. The summed E-state index contributed by atoms with van der Waals surface area (Å²) in [5, 5.41) is 15.8. The number of aromatic nitrogens is 1. The Bertz CT molecular complexity index is 546. The third-order valence-electron chi connectivity index (χ3n) is 2.48. The van der Waals surface area contributed by atoms with Crippen LogP contribution in [0.5, 0.6) is 0 Å². The summed E-state index contributed by atoms with van der Waals surface area (Å²) in [6.45, 7) is 0.885. The minimum atomic E-state index is -1.08. The quantitative estimate of drug-likeness (QED) is 0.797. The predicted molar refractivity (Wildman–Crippen MR) is 84.6 cm³/mol. The first-order chi connectivity index (χ1) is 10.5. The Balaban J connectivity index is 0.000000261. The van der Waals surface area contributed by atoms with E-state index in [1.54, 1.807) is 18.1 Å². The van der Waals surface area contributed by atoms with Crippen molar-refractivity contribution in [3.8, 4) is 0 Å². The van der Waals surface area contributed by atoms with Gasteiger partial charge in [-0.25, -0.2) is 4.99 Å². The van der Waals surface area contributed by atoms with Gasteiger partial charge in [0.2, 0.25) is 0 Å². The SMILES string of the molecule is CSN1CC=CN=C1c1ccccn1.O=C(O)CCC(=O)O. The number of hydrogen-bond acceptors (Lipinski definition) is 6. The molecule has 0 fully saturated rings. The molecule has 1 aliphatic heterocycles. The maximum Gasteiger partial charge on any atom is 0.303 e. The smallest absolute Gasteiger partial charge is 0.303 e. The molecule has 2 heterocycles. The molecule has 2 N–H and O–H groups in total. The van der Waals surface area contributed by atoms with Crippen LogP contribution in [0, 0.1) is 0 Å². The Morgan fingerprint density at radius 3 is 2.45 bits per heavy atom. The first-order valence-corrected chi connectivity index (χ1v) is 7.62. The zero-order valence-corrected chi connectivity index (χ0v) is 12.9. The molecule has 0 atom stereocenters. The summed E-state index contributed by atoms with van der Waals surface area (Å²) in [4.78, 5) is 27.9. The predicted octanol–water partition coefficient (Wildman–Crippen LogP) is 1.87. The van der Waals surface area contributed by atoms with Crippen LogP contribution < -0.4 is 0 Å². The second-order valence-electron chi connectivity index (χ2n) is 4.08. The summed E-state index contributed by atoms with van der Waals surface area (Å²) in [6.07, 6.45) is 7.09. The van der Waals surface area contributed by atoms with E-state index in [1.165, 1.54) is 0 Å². The number of pyridine rings is 1. The summed E-state index contributed by atoms with van der Waals surface area (Å²) in [6, 6.07) is 5.86. The van der Waals surface area contributed by atoms with Gasteiger partial charge < -0.3 is 10.2 Å². The maximum absolute atomic E-state index is 9.64. The molecule has 0 bridgehead atoms. The molecule has 0 amide bonds. The molecule has 0 aliphatic carbocycles. The van der Waals surface area contributed by atoms with Crippen LogP contribution in [0.4, 0.5) is 0 Å². The lowest BCUT2D eigenvalue weighted by Crippen LogP contribution is -2.27. The van der Waals surface area contributed by atoms with E-state index in [-0.39, 0.29) is 12.8 Å². The summed E-state index contributed by atoms with van der Waals surface area (Å²) >= 11 is 1.66. The average molecular weight is 323 g/mol. The highest BCUT2D eigenvalue weighted by atomic mass is 32.2. The van der Waals surface area contributed by atoms with Crippen LogP contribution in [0.1, 0.15) is 18.5 Å². The summed E-state index contributed by atoms with van der Waals surface area (Å²) in [5.41, 5.74) is 0.922. The van der Waals surface area contributed by atoms with Crippen molar-refractivity contribution in [3.05, 3.63) is 42.4 Å². The highest BCUT2D eigenvalue weighted by Gasteiger charge is 2.14. The van der Waals surface area contributed by atoms with Gasteiger partial charge >= 0.3 is 11.9 Å². The average Bonchev–Trinajstić information content (AvgIpc) is 2.54. The van der Waals surface area contributed by atoms with Crippen LogP contribution in [0.25, 0.3) is 0 Å². The highest BCUT2D eigenvalue weighted by Crippen LogP contribution is 2.14. The minimum absolute atomic E-state index is 0.296. The van der Waals surface area contributed by atoms with Crippen LogP contribution in [0.2, 0.25) is 0 Å². The molecule has 0 unspecified atom stereocenters. The Labute approximate surface area is 132 Å². The van der Waals surface area contributed by atoms with Crippen molar-refractivity contribution in [1.29, 1.82) is 0 Å². The standard InChI is InChI=1S/C10H11N3S.C4H6O4/c1-14-13-8-4-7-12-10(13)9-5-2-3-6-11-9;5-3(6)1-2-4(7)8/h2-7H,8H2,1H3;1-2H2,(H,5,6)(H,7,8). The van der Waals surface area contributed by atoms with Gasteiger partial charge in [-0.3, -0.25) is 18.9 Å². The number of carbonyl (C=O) groups is 2. The normalized spacial score (nSPS) is 13.0. The van der Waals surface area contributed by atoms with Gasteiger partial charge in [0.25, 0.3) is 0 Å². The number of carboxylic acids is 2. The van der Waals surface area contributed by atoms with Gasteiger partial charge in [-0.1, -0.05) is 18.0 Å². The van der Waals surface area contributed by atoms with Gasteiger partial charge in [0.1, 0.15) is 5.69 Å². The summed E-state index contributed by atoms with van der Waals surface area (Å²) in [5.74, 6) is -1.22. The second-order valence-corrected chi connectivity index (χ2v) is 4.89. The molecule has 0 saturated carbocycles. The lowest BCUT2D eigenvalue weighted by atomic mass is 10.3. The fraction of sp³-hybridized carbons (Fsp3) is 0.286. The molecule has 8 heteroatoms. The molecule has 1 aromatic heterocycles. The minimum Gasteiger partial charge on any atom is -0.481 e. The van der Waals surface area contributed by atoms with E-state index >= 15 is 0 Å². The Morgan fingerprint density at radius 1 is 1.27 bits per heavy atom. The number of rotatable bonds is 5. The molecule has 1 aliphatic rings. The van der Waals surface area contributed by atoms with Crippen molar-refractivity contribution in [3.63, 3.8) is 0 Å². The van der Waals surface area contributed by atoms with Crippen molar-refractivity contribution in [2.75, 3.05) is 12.8 Å². The third kappa shape index (κ3) is 6.40. The number of amidine groups is 1. The topological polar surface area (TPSA) is 103 Å². The molecule has 2 rings (SSSR count). The van der Waals surface area contributed by atoms with Crippen molar-refractivity contribution in [2.24, 2.45) is 4.99 Å². The molecule has 7 nitrogen and oxygen atoms in total. The number of hydrogen-bond donors (Lipinski definition) is 2. The molecule has 0 spiro atoms. The van der Waals surface area contributed by atoms with Crippen molar-refractivity contribution < 1.29 is 19.8 Å². The largest absolute Gasteiger partial charge is 0.481 e. The molecule has 22 heavy (non-hydrogen) atoms. The van der Waals surface area contributed by atoms with E-state index in [4.69, 9.17) is 10.2 Å². The van der Waals surface area contributed by atoms with Gasteiger partial charge in [0, 0.05) is 18.7 Å².